The smallest absolute Gasteiger partial charge is 0.255 e. The number of nitrogens with one attached hydrogen (secondary N) is 1. The largest absolute Gasteiger partial charge is 0.495 e. The summed E-state index contributed by atoms with van der Waals surface area (Å²) in [4.78, 5) is 15.2. The summed E-state index contributed by atoms with van der Waals surface area (Å²) in [5.41, 5.74) is 3.84. The molecule has 1 aliphatic heterocycles. The molecule has 1 aliphatic rings. The summed E-state index contributed by atoms with van der Waals surface area (Å²) < 4.78 is 5.30. The Bertz CT molecular complexity index is 1030. The van der Waals surface area contributed by atoms with E-state index in [4.69, 9.17) is 16.3 Å². The fourth-order valence-corrected chi connectivity index (χ4v) is 4.46. The van der Waals surface area contributed by atoms with E-state index >= 15 is 0 Å². The molecule has 1 heterocycles. The Balaban J connectivity index is 1.29. The summed E-state index contributed by atoms with van der Waals surface area (Å²) in [6.45, 7) is 3.16. The van der Waals surface area contributed by atoms with Crippen molar-refractivity contribution in [3.8, 4) is 5.75 Å². The molecule has 0 aliphatic carbocycles. The summed E-state index contributed by atoms with van der Waals surface area (Å²) in [5.74, 6) is 1.16. The van der Waals surface area contributed by atoms with Crippen LogP contribution in [0.5, 0.6) is 5.75 Å². The monoisotopic (exact) mass is 448 g/mol. The van der Waals surface area contributed by atoms with Gasteiger partial charge in [0.25, 0.3) is 5.91 Å². The highest BCUT2D eigenvalue weighted by Gasteiger charge is 2.19. The number of piperidine rings is 1. The molecular formula is C27H29ClN2O2. The number of carbonyl (C=O) groups excluding carboxylic acids is 1. The first-order valence-electron chi connectivity index (χ1n) is 11.1. The molecule has 166 valence electrons. The topological polar surface area (TPSA) is 41.6 Å². The Morgan fingerprint density at radius 3 is 2.41 bits per heavy atom. The Morgan fingerprint density at radius 2 is 1.72 bits per heavy atom. The third-order valence-corrected chi connectivity index (χ3v) is 6.34. The maximum Gasteiger partial charge on any atom is 0.255 e. The average molecular weight is 449 g/mol. The molecule has 4 rings (SSSR count). The summed E-state index contributed by atoms with van der Waals surface area (Å²) >= 11 is 6.05. The molecule has 5 heteroatoms. The van der Waals surface area contributed by atoms with Crippen molar-refractivity contribution in [3.05, 3.63) is 94.5 Å². The Hall–Kier alpha value is -2.82. The molecule has 1 saturated heterocycles. The number of benzene rings is 3. The molecule has 3 aromatic rings. The van der Waals surface area contributed by atoms with E-state index in [1.165, 1.54) is 30.4 Å². The molecule has 0 saturated carbocycles. The van der Waals surface area contributed by atoms with Crippen LogP contribution in [0.1, 0.15) is 34.3 Å². The van der Waals surface area contributed by atoms with Crippen molar-refractivity contribution in [1.82, 2.24) is 4.90 Å². The van der Waals surface area contributed by atoms with Gasteiger partial charge in [0, 0.05) is 17.1 Å². The van der Waals surface area contributed by atoms with Crippen molar-refractivity contribution in [1.29, 1.82) is 0 Å². The predicted octanol–water partition coefficient (Wildman–Crippen LogP) is 6.06. The fourth-order valence-electron chi connectivity index (χ4n) is 4.29. The van der Waals surface area contributed by atoms with Gasteiger partial charge in [-0.25, -0.2) is 0 Å². The lowest BCUT2D eigenvalue weighted by atomic mass is 9.90. The van der Waals surface area contributed by atoms with Crippen LogP contribution in [-0.4, -0.2) is 31.0 Å². The van der Waals surface area contributed by atoms with Crippen LogP contribution in [0.25, 0.3) is 0 Å². The third-order valence-electron chi connectivity index (χ3n) is 6.11. The first-order chi connectivity index (χ1) is 15.6. The van der Waals surface area contributed by atoms with E-state index in [-0.39, 0.29) is 5.91 Å². The number of halogens is 1. The second-order valence-corrected chi connectivity index (χ2v) is 8.84. The fraction of sp³-hybridized carbons (Fsp3) is 0.296. The van der Waals surface area contributed by atoms with Crippen molar-refractivity contribution in [2.75, 3.05) is 25.5 Å². The molecule has 3 aromatic carbocycles. The van der Waals surface area contributed by atoms with Gasteiger partial charge in [0.2, 0.25) is 0 Å². The van der Waals surface area contributed by atoms with E-state index in [1.54, 1.807) is 25.3 Å². The van der Waals surface area contributed by atoms with Gasteiger partial charge in [-0.2, -0.15) is 0 Å². The summed E-state index contributed by atoms with van der Waals surface area (Å²) in [6.07, 6.45) is 3.64. The molecule has 1 amide bonds. The lowest BCUT2D eigenvalue weighted by Crippen LogP contribution is -2.33. The lowest BCUT2D eigenvalue weighted by molar-refractivity contribution is 0.102. The maximum atomic E-state index is 12.7. The van der Waals surface area contributed by atoms with Crippen molar-refractivity contribution in [2.45, 2.75) is 25.8 Å². The van der Waals surface area contributed by atoms with E-state index in [2.05, 4.69) is 40.5 Å². The van der Waals surface area contributed by atoms with Crippen LogP contribution in [0.4, 0.5) is 5.69 Å². The second kappa shape index (κ2) is 10.7. The normalized spacial score (nSPS) is 14.8. The molecule has 0 radical (unpaired) electrons. The molecule has 0 unspecified atom stereocenters. The van der Waals surface area contributed by atoms with Gasteiger partial charge in [-0.3, -0.25) is 9.69 Å². The number of amides is 1. The van der Waals surface area contributed by atoms with Crippen molar-refractivity contribution in [2.24, 2.45) is 5.92 Å². The first kappa shape index (κ1) is 22.4. The van der Waals surface area contributed by atoms with Crippen molar-refractivity contribution >= 4 is 23.2 Å². The van der Waals surface area contributed by atoms with Gasteiger partial charge >= 0.3 is 0 Å². The quantitative estimate of drug-likeness (QED) is 0.478. The van der Waals surface area contributed by atoms with Crippen molar-refractivity contribution in [3.63, 3.8) is 0 Å². The molecule has 0 spiro atoms. The van der Waals surface area contributed by atoms with E-state index in [1.807, 2.05) is 24.3 Å². The van der Waals surface area contributed by atoms with E-state index < -0.39 is 0 Å². The number of ether oxygens (including phenoxy) is 1. The van der Waals surface area contributed by atoms with Crippen LogP contribution < -0.4 is 10.1 Å². The van der Waals surface area contributed by atoms with Crippen molar-refractivity contribution < 1.29 is 9.53 Å². The van der Waals surface area contributed by atoms with Gasteiger partial charge in [-0.1, -0.05) is 54.1 Å². The SMILES string of the molecule is COc1ccc(Cl)cc1NC(=O)c1ccc(CN2CCC(Cc3ccccc3)CC2)cc1. The number of carbonyl (C=O) groups is 1. The number of likely N-dealkylation sites (tertiary alicyclic amines) is 1. The molecule has 0 atom stereocenters. The minimum Gasteiger partial charge on any atom is -0.495 e. The number of anilines is 1. The molecule has 1 fully saturated rings. The number of rotatable bonds is 7. The van der Waals surface area contributed by atoms with Gasteiger partial charge in [0.1, 0.15) is 5.75 Å². The summed E-state index contributed by atoms with van der Waals surface area (Å²) in [5, 5.41) is 3.43. The number of methoxy groups -OCH3 is 1. The maximum absolute atomic E-state index is 12.7. The molecule has 0 bridgehead atoms. The van der Waals surface area contributed by atoms with Crippen LogP contribution in [0.15, 0.2) is 72.8 Å². The zero-order valence-corrected chi connectivity index (χ0v) is 19.1. The van der Waals surface area contributed by atoms with Gasteiger partial charge in [0.05, 0.1) is 12.8 Å². The summed E-state index contributed by atoms with van der Waals surface area (Å²) in [7, 11) is 1.57. The van der Waals surface area contributed by atoms with Gasteiger partial charge < -0.3 is 10.1 Å². The predicted molar refractivity (Wildman–Crippen MR) is 131 cm³/mol. The molecule has 4 nitrogen and oxygen atoms in total. The molecular weight excluding hydrogens is 420 g/mol. The number of nitrogens with zero attached hydrogens (tertiary/aromatic N) is 1. The molecule has 0 aromatic heterocycles. The van der Waals surface area contributed by atoms with E-state index in [0.29, 0.717) is 22.0 Å². The third kappa shape index (κ3) is 5.90. The average Bonchev–Trinajstić information content (AvgIpc) is 2.82. The van der Waals surface area contributed by atoms with Crippen LogP contribution in [0, 0.1) is 5.92 Å². The van der Waals surface area contributed by atoms with Gasteiger partial charge in [-0.15, -0.1) is 0 Å². The van der Waals surface area contributed by atoms with Crippen LogP contribution in [-0.2, 0) is 13.0 Å². The minimum absolute atomic E-state index is 0.182. The van der Waals surface area contributed by atoms with E-state index in [0.717, 1.165) is 25.6 Å². The highest BCUT2D eigenvalue weighted by atomic mass is 35.5. The van der Waals surface area contributed by atoms with Gasteiger partial charge in [-0.05, 0) is 79.7 Å². The standard InChI is InChI=1S/C27H29ClN2O2/c1-32-26-12-11-24(28)18-25(26)29-27(31)23-9-7-22(8-10-23)19-30-15-13-21(14-16-30)17-20-5-3-2-4-6-20/h2-12,18,21H,13-17,19H2,1H3,(H,29,31). The molecule has 1 N–H and O–H groups in total. The van der Waals surface area contributed by atoms with Crippen LogP contribution in [0.2, 0.25) is 5.02 Å². The Morgan fingerprint density at radius 1 is 1.00 bits per heavy atom. The van der Waals surface area contributed by atoms with Crippen LogP contribution in [0.3, 0.4) is 0 Å². The van der Waals surface area contributed by atoms with Gasteiger partial charge in [0.15, 0.2) is 0 Å². The van der Waals surface area contributed by atoms with Crippen LogP contribution >= 0.6 is 11.6 Å². The highest BCUT2D eigenvalue weighted by Crippen LogP contribution is 2.28. The second-order valence-electron chi connectivity index (χ2n) is 8.40. The first-order valence-corrected chi connectivity index (χ1v) is 11.5. The Kier molecular flexibility index (Phi) is 7.46. The number of hydrogen-bond acceptors (Lipinski definition) is 3. The highest BCUT2D eigenvalue weighted by molar-refractivity contribution is 6.31. The lowest BCUT2D eigenvalue weighted by Gasteiger charge is -2.32. The van der Waals surface area contributed by atoms with E-state index in [9.17, 15) is 4.79 Å². The minimum atomic E-state index is -0.182. The molecule has 32 heavy (non-hydrogen) atoms. The summed E-state index contributed by atoms with van der Waals surface area (Å²) in [6, 6.07) is 23.8. The Labute approximate surface area is 195 Å². The number of hydrogen-bond donors (Lipinski definition) is 1. The zero-order valence-electron chi connectivity index (χ0n) is 18.4. The zero-order chi connectivity index (χ0) is 22.3.